The molecule has 0 aliphatic carbocycles. The fraction of sp³-hybridized carbons (Fsp3) is 1.00. The Morgan fingerprint density at radius 1 is 1.33 bits per heavy atom. The molecule has 0 aliphatic rings. The van der Waals surface area contributed by atoms with Gasteiger partial charge < -0.3 is 5.32 Å². The van der Waals surface area contributed by atoms with Crippen LogP contribution in [0.3, 0.4) is 0 Å². The van der Waals surface area contributed by atoms with Gasteiger partial charge in [-0.2, -0.15) is 0 Å². The Hall–Kier alpha value is -0.0900. The molecule has 0 radical (unpaired) electrons. The first kappa shape index (κ1) is 14.9. The molecule has 0 amide bonds. The molecule has 0 heterocycles. The van der Waals surface area contributed by atoms with E-state index in [-0.39, 0.29) is 11.3 Å². The molecule has 4 heteroatoms. The quantitative estimate of drug-likeness (QED) is 0.732. The van der Waals surface area contributed by atoms with Crippen LogP contribution in [0.5, 0.6) is 0 Å². The predicted octanol–water partition coefficient (Wildman–Crippen LogP) is 1.84. The van der Waals surface area contributed by atoms with Gasteiger partial charge in [0.1, 0.15) is 9.84 Å². The molecule has 0 aromatic rings. The van der Waals surface area contributed by atoms with Crippen LogP contribution in [-0.2, 0) is 9.84 Å². The van der Waals surface area contributed by atoms with E-state index >= 15 is 0 Å². The fourth-order valence-electron chi connectivity index (χ4n) is 1.12. The number of hydrogen-bond acceptors (Lipinski definition) is 3. The zero-order chi connectivity index (χ0) is 12.1. The summed E-state index contributed by atoms with van der Waals surface area (Å²) in [6.07, 6.45) is 3.11. The Labute approximate surface area is 94.6 Å². The van der Waals surface area contributed by atoms with Crippen LogP contribution in [0.4, 0.5) is 0 Å². The van der Waals surface area contributed by atoms with E-state index in [2.05, 4.69) is 33.0 Å². The molecule has 0 bridgehead atoms. The summed E-state index contributed by atoms with van der Waals surface area (Å²) >= 11 is 0. The number of rotatable bonds is 7. The van der Waals surface area contributed by atoms with Crippen molar-refractivity contribution in [3.8, 4) is 0 Å². The molecule has 0 fully saturated rings. The maximum atomic E-state index is 11.0. The SMILES string of the molecule is CCC(C)CNC(C)(C)CCS(C)(=O)=O. The zero-order valence-electron chi connectivity index (χ0n) is 10.6. The summed E-state index contributed by atoms with van der Waals surface area (Å²) in [7, 11) is -2.84. The highest BCUT2D eigenvalue weighted by Gasteiger charge is 2.19. The molecule has 0 spiro atoms. The maximum absolute atomic E-state index is 11.0. The van der Waals surface area contributed by atoms with Gasteiger partial charge in [0.2, 0.25) is 0 Å². The predicted molar refractivity (Wildman–Crippen MR) is 65.9 cm³/mol. The van der Waals surface area contributed by atoms with E-state index in [0.29, 0.717) is 12.3 Å². The summed E-state index contributed by atoms with van der Waals surface area (Å²) in [5.41, 5.74) is -0.0908. The van der Waals surface area contributed by atoms with Gasteiger partial charge in [-0.1, -0.05) is 20.3 Å². The molecule has 0 aromatic heterocycles. The summed E-state index contributed by atoms with van der Waals surface area (Å²) in [6.45, 7) is 9.42. The van der Waals surface area contributed by atoms with Crippen molar-refractivity contribution in [2.24, 2.45) is 5.92 Å². The lowest BCUT2D eigenvalue weighted by Crippen LogP contribution is -2.42. The summed E-state index contributed by atoms with van der Waals surface area (Å²) in [4.78, 5) is 0. The molecule has 3 nitrogen and oxygen atoms in total. The molecule has 0 aromatic carbocycles. The standard InChI is InChI=1S/C11H25NO2S/c1-6-10(2)9-12-11(3,4)7-8-15(5,13)14/h10,12H,6-9H2,1-5H3. The number of hydrogen-bond donors (Lipinski definition) is 1. The smallest absolute Gasteiger partial charge is 0.147 e. The Morgan fingerprint density at radius 3 is 2.27 bits per heavy atom. The number of sulfone groups is 1. The van der Waals surface area contributed by atoms with Crippen molar-refractivity contribution in [1.29, 1.82) is 0 Å². The van der Waals surface area contributed by atoms with Gasteiger partial charge in [0.15, 0.2) is 0 Å². The molecule has 0 saturated heterocycles. The van der Waals surface area contributed by atoms with E-state index in [1.165, 1.54) is 6.26 Å². The first-order valence-corrected chi connectivity index (χ1v) is 7.65. The summed E-state index contributed by atoms with van der Waals surface area (Å²) < 4.78 is 22.1. The Bertz CT molecular complexity index is 270. The highest BCUT2D eigenvalue weighted by atomic mass is 32.2. The molecule has 1 atom stereocenters. The van der Waals surface area contributed by atoms with Gasteiger partial charge in [0.25, 0.3) is 0 Å². The second-order valence-electron chi connectivity index (χ2n) is 5.16. The molecule has 92 valence electrons. The first-order valence-electron chi connectivity index (χ1n) is 5.59. The molecule has 1 unspecified atom stereocenters. The molecular weight excluding hydrogens is 210 g/mol. The minimum atomic E-state index is -2.84. The van der Waals surface area contributed by atoms with Crippen LogP contribution in [-0.4, -0.2) is 32.5 Å². The average Bonchev–Trinajstić information content (AvgIpc) is 2.10. The minimum Gasteiger partial charge on any atom is -0.311 e. The van der Waals surface area contributed by atoms with Gasteiger partial charge in [-0.15, -0.1) is 0 Å². The van der Waals surface area contributed by atoms with Crippen LogP contribution < -0.4 is 5.32 Å². The van der Waals surface area contributed by atoms with E-state index < -0.39 is 9.84 Å². The molecule has 1 N–H and O–H groups in total. The van der Waals surface area contributed by atoms with E-state index in [9.17, 15) is 8.42 Å². The Balaban J connectivity index is 3.97. The van der Waals surface area contributed by atoms with E-state index in [0.717, 1.165) is 13.0 Å². The van der Waals surface area contributed by atoms with E-state index in [4.69, 9.17) is 0 Å². The molecule has 0 rings (SSSR count). The van der Waals surface area contributed by atoms with Gasteiger partial charge in [-0.05, 0) is 32.7 Å². The third-order valence-corrected chi connectivity index (χ3v) is 3.67. The van der Waals surface area contributed by atoms with Crippen LogP contribution in [0.1, 0.15) is 40.5 Å². The largest absolute Gasteiger partial charge is 0.311 e. The summed E-state index contributed by atoms with van der Waals surface area (Å²) in [5, 5.41) is 3.42. The van der Waals surface area contributed by atoms with Gasteiger partial charge >= 0.3 is 0 Å². The molecular formula is C11H25NO2S. The highest BCUT2D eigenvalue weighted by Crippen LogP contribution is 2.11. The van der Waals surface area contributed by atoms with Gasteiger partial charge in [-0.3, -0.25) is 0 Å². The van der Waals surface area contributed by atoms with Crippen LogP contribution in [0.25, 0.3) is 0 Å². The zero-order valence-corrected chi connectivity index (χ0v) is 11.4. The average molecular weight is 235 g/mol. The lowest BCUT2D eigenvalue weighted by molar-refractivity contribution is 0.343. The third kappa shape index (κ3) is 8.88. The van der Waals surface area contributed by atoms with Crippen LogP contribution in [0.2, 0.25) is 0 Å². The molecule has 0 aliphatic heterocycles. The van der Waals surface area contributed by atoms with Crippen molar-refractivity contribution >= 4 is 9.84 Å². The first-order chi connectivity index (χ1) is 6.66. The van der Waals surface area contributed by atoms with Crippen LogP contribution >= 0.6 is 0 Å². The van der Waals surface area contributed by atoms with E-state index in [1.54, 1.807) is 0 Å². The Morgan fingerprint density at radius 2 is 1.87 bits per heavy atom. The van der Waals surface area contributed by atoms with Crippen molar-refractivity contribution in [3.63, 3.8) is 0 Å². The van der Waals surface area contributed by atoms with Crippen LogP contribution in [0.15, 0.2) is 0 Å². The van der Waals surface area contributed by atoms with Crippen molar-refractivity contribution in [1.82, 2.24) is 5.32 Å². The van der Waals surface area contributed by atoms with Gasteiger partial charge in [0, 0.05) is 11.8 Å². The summed E-state index contributed by atoms with van der Waals surface area (Å²) in [6, 6.07) is 0. The topological polar surface area (TPSA) is 46.2 Å². The second kappa shape index (κ2) is 5.85. The Kier molecular flexibility index (Phi) is 5.81. The van der Waals surface area contributed by atoms with Gasteiger partial charge in [0.05, 0.1) is 5.75 Å². The van der Waals surface area contributed by atoms with Crippen molar-refractivity contribution in [2.75, 3.05) is 18.6 Å². The van der Waals surface area contributed by atoms with Gasteiger partial charge in [-0.25, -0.2) is 8.42 Å². The summed E-state index contributed by atoms with van der Waals surface area (Å²) in [5.74, 6) is 0.899. The lowest BCUT2D eigenvalue weighted by atomic mass is 10.00. The lowest BCUT2D eigenvalue weighted by Gasteiger charge is -2.27. The fourth-order valence-corrected chi connectivity index (χ4v) is 2.00. The van der Waals surface area contributed by atoms with Crippen LogP contribution in [0, 0.1) is 5.92 Å². The number of nitrogens with one attached hydrogen (secondary N) is 1. The highest BCUT2D eigenvalue weighted by molar-refractivity contribution is 7.90. The van der Waals surface area contributed by atoms with Crippen molar-refractivity contribution in [3.05, 3.63) is 0 Å². The molecule has 0 saturated carbocycles. The second-order valence-corrected chi connectivity index (χ2v) is 7.42. The van der Waals surface area contributed by atoms with Crippen molar-refractivity contribution in [2.45, 2.75) is 46.1 Å². The maximum Gasteiger partial charge on any atom is 0.147 e. The monoisotopic (exact) mass is 235 g/mol. The van der Waals surface area contributed by atoms with Crippen molar-refractivity contribution < 1.29 is 8.42 Å². The normalized spacial score (nSPS) is 15.3. The third-order valence-electron chi connectivity index (χ3n) is 2.72. The minimum absolute atomic E-state index is 0.0908. The van der Waals surface area contributed by atoms with E-state index in [1.807, 2.05) is 0 Å². The molecule has 15 heavy (non-hydrogen) atoms.